The summed E-state index contributed by atoms with van der Waals surface area (Å²) in [7, 11) is 2.15. The van der Waals surface area contributed by atoms with Gasteiger partial charge in [0.15, 0.2) is 6.67 Å². The highest BCUT2D eigenvalue weighted by molar-refractivity contribution is 7.71. The van der Waals surface area contributed by atoms with Crippen LogP contribution in [0, 0.1) is 18.6 Å². The molecule has 158 valence electrons. The Balaban J connectivity index is 1.42. The van der Waals surface area contributed by atoms with Crippen LogP contribution in [0.25, 0.3) is 5.69 Å². The van der Waals surface area contributed by atoms with Crippen molar-refractivity contribution in [3.63, 3.8) is 0 Å². The molecule has 8 heteroatoms. The van der Waals surface area contributed by atoms with Crippen molar-refractivity contribution in [2.45, 2.75) is 27.1 Å². The Kier molecular flexibility index (Phi) is 6.26. The average molecular weight is 426 g/mol. The summed E-state index contributed by atoms with van der Waals surface area (Å²) in [6.07, 6.45) is 0. The molecule has 1 N–H and O–H groups in total. The maximum absolute atomic E-state index is 5.65. The third-order valence-corrected chi connectivity index (χ3v) is 5.85. The quantitative estimate of drug-likeness (QED) is 0.612. The molecule has 1 unspecified atom stereocenters. The molecule has 1 fully saturated rings. The van der Waals surface area contributed by atoms with Gasteiger partial charge in [0.2, 0.25) is 4.77 Å². The Bertz CT molecular complexity index is 1050. The number of aryl methyl sites for hydroxylation is 2. The lowest BCUT2D eigenvalue weighted by atomic mass is 10.1. The first-order chi connectivity index (χ1) is 14.5. The topological polar surface area (TPSA) is 52.5 Å². The van der Waals surface area contributed by atoms with Crippen molar-refractivity contribution < 1.29 is 9.64 Å². The van der Waals surface area contributed by atoms with E-state index in [4.69, 9.17) is 17.0 Å². The van der Waals surface area contributed by atoms with E-state index < -0.39 is 0 Å². The van der Waals surface area contributed by atoms with E-state index in [1.54, 1.807) is 9.36 Å². The van der Waals surface area contributed by atoms with Gasteiger partial charge in [-0.1, -0.05) is 24.3 Å². The number of benzene rings is 2. The van der Waals surface area contributed by atoms with Crippen LogP contribution in [0.3, 0.4) is 0 Å². The van der Waals surface area contributed by atoms with Gasteiger partial charge in [-0.25, -0.2) is 0 Å². The number of hydrogen-bond donors (Lipinski definition) is 1. The van der Waals surface area contributed by atoms with E-state index in [0.717, 1.165) is 44.1 Å². The lowest BCUT2D eigenvalue weighted by Crippen LogP contribution is -3.07. The number of rotatable bonds is 6. The average Bonchev–Trinajstić information content (AvgIpc) is 3.11. The number of nitrogens with zero attached hydrogens (tertiary/aromatic N) is 5. The largest absolute Gasteiger partial charge is 0.378 e. The van der Waals surface area contributed by atoms with Crippen LogP contribution in [0.2, 0.25) is 0 Å². The van der Waals surface area contributed by atoms with Gasteiger partial charge in [0.1, 0.15) is 6.54 Å². The van der Waals surface area contributed by atoms with Gasteiger partial charge >= 0.3 is 0 Å². The van der Waals surface area contributed by atoms with Gasteiger partial charge < -0.3 is 14.5 Å². The van der Waals surface area contributed by atoms with E-state index in [1.807, 2.05) is 0 Å². The Hall–Kier alpha value is -2.55. The van der Waals surface area contributed by atoms with E-state index >= 15 is 0 Å². The summed E-state index contributed by atoms with van der Waals surface area (Å²) < 4.78 is 9.61. The highest BCUT2D eigenvalue weighted by Gasteiger charge is 2.14. The molecule has 1 aromatic heterocycles. The SMILES string of the molecule is Cc1ccc(C)c(-n2nnn(C[NH+](C)Cc3ccc(N4CCOCC4)cc3)c2=S)c1. The van der Waals surface area contributed by atoms with Crippen LogP contribution < -0.4 is 9.80 Å². The molecule has 0 radical (unpaired) electrons. The smallest absolute Gasteiger partial charge is 0.225 e. The zero-order chi connectivity index (χ0) is 21.1. The molecule has 0 saturated carbocycles. The zero-order valence-corrected chi connectivity index (χ0v) is 18.7. The fourth-order valence-electron chi connectivity index (χ4n) is 3.78. The van der Waals surface area contributed by atoms with Crippen LogP contribution in [0.4, 0.5) is 5.69 Å². The molecule has 4 rings (SSSR count). The van der Waals surface area contributed by atoms with Crippen LogP contribution in [0.5, 0.6) is 0 Å². The predicted molar refractivity (Wildman–Crippen MR) is 120 cm³/mol. The van der Waals surface area contributed by atoms with E-state index in [0.29, 0.717) is 11.4 Å². The van der Waals surface area contributed by atoms with Gasteiger partial charge in [-0.2, -0.15) is 9.36 Å². The summed E-state index contributed by atoms with van der Waals surface area (Å²) in [4.78, 5) is 3.66. The second-order valence-corrected chi connectivity index (χ2v) is 8.39. The van der Waals surface area contributed by atoms with E-state index in [1.165, 1.54) is 21.7 Å². The maximum atomic E-state index is 5.65. The fourth-order valence-corrected chi connectivity index (χ4v) is 4.01. The summed E-state index contributed by atoms with van der Waals surface area (Å²) in [5, 5.41) is 8.61. The second-order valence-electron chi connectivity index (χ2n) is 8.02. The molecule has 3 aromatic rings. The molecule has 7 nitrogen and oxygen atoms in total. The van der Waals surface area contributed by atoms with Gasteiger partial charge in [0.05, 0.1) is 25.9 Å². The fraction of sp³-hybridized carbons (Fsp3) is 0.409. The summed E-state index contributed by atoms with van der Waals surface area (Å²) >= 11 is 5.65. The number of ether oxygens (including phenoxy) is 1. The third kappa shape index (κ3) is 4.61. The molecule has 1 saturated heterocycles. The third-order valence-electron chi connectivity index (χ3n) is 5.47. The van der Waals surface area contributed by atoms with Crippen molar-refractivity contribution in [1.29, 1.82) is 0 Å². The Morgan fingerprint density at radius 3 is 2.50 bits per heavy atom. The van der Waals surface area contributed by atoms with Gasteiger partial charge in [-0.15, -0.1) is 0 Å². The summed E-state index contributed by atoms with van der Waals surface area (Å²) in [5.74, 6) is 0. The van der Waals surface area contributed by atoms with Crippen molar-refractivity contribution in [2.75, 3.05) is 38.3 Å². The summed E-state index contributed by atoms with van der Waals surface area (Å²) in [6.45, 7) is 9.21. The van der Waals surface area contributed by atoms with Crippen molar-refractivity contribution >= 4 is 17.9 Å². The Labute approximate surface area is 182 Å². The van der Waals surface area contributed by atoms with Gasteiger partial charge in [0.25, 0.3) is 0 Å². The van der Waals surface area contributed by atoms with Gasteiger partial charge in [-0.05, 0) is 65.8 Å². The molecular weight excluding hydrogens is 396 g/mol. The molecule has 30 heavy (non-hydrogen) atoms. The lowest BCUT2D eigenvalue weighted by molar-refractivity contribution is -0.917. The normalized spacial score (nSPS) is 15.4. The Morgan fingerprint density at radius 1 is 1.03 bits per heavy atom. The van der Waals surface area contributed by atoms with Crippen LogP contribution in [-0.4, -0.2) is 53.1 Å². The minimum atomic E-state index is 0.616. The van der Waals surface area contributed by atoms with Crippen molar-refractivity contribution in [1.82, 2.24) is 19.8 Å². The van der Waals surface area contributed by atoms with E-state index in [2.05, 4.69) is 78.7 Å². The molecule has 1 aliphatic heterocycles. The number of tetrazole rings is 1. The second kappa shape index (κ2) is 9.07. The zero-order valence-electron chi connectivity index (χ0n) is 17.8. The number of quaternary nitrogens is 1. The molecule has 2 heterocycles. The van der Waals surface area contributed by atoms with E-state index in [9.17, 15) is 0 Å². The maximum Gasteiger partial charge on any atom is 0.225 e. The monoisotopic (exact) mass is 425 g/mol. The van der Waals surface area contributed by atoms with Crippen LogP contribution in [-0.2, 0) is 18.0 Å². The minimum Gasteiger partial charge on any atom is -0.378 e. The molecule has 0 aliphatic carbocycles. The van der Waals surface area contributed by atoms with Crippen LogP contribution >= 0.6 is 12.2 Å². The van der Waals surface area contributed by atoms with Crippen molar-refractivity contribution in [2.24, 2.45) is 0 Å². The van der Waals surface area contributed by atoms with Crippen LogP contribution in [0.1, 0.15) is 16.7 Å². The van der Waals surface area contributed by atoms with Crippen LogP contribution in [0.15, 0.2) is 42.5 Å². The number of aromatic nitrogens is 4. The minimum absolute atomic E-state index is 0.616. The van der Waals surface area contributed by atoms with Crippen molar-refractivity contribution in [3.05, 3.63) is 63.9 Å². The number of nitrogens with one attached hydrogen (secondary N) is 1. The molecule has 1 atom stereocenters. The molecule has 0 amide bonds. The highest BCUT2D eigenvalue weighted by atomic mass is 32.1. The molecule has 0 spiro atoms. The molecule has 2 aromatic carbocycles. The van der Waals surface area contributed by atoms with Gasteiger partial charge in [0, 0.05) is 24.3 Å². The summed E-state index contributed by atoms with van der Waals surface area (Å²) in [6, 6.07) is 15.1. The predicted octanol–water partition coefficient (Wildman–Crippen LogP) is 1.92. The first kappa shape index (κ1) is 20.7. The lowest BCUT2D eigenvalue weighted by Gasteiger charge is -2.29. The first-order valence-corrected chi connectivity index (χ1v) is 10.8. The number of hydrogen-bond acceptors (Lipinski definition) is 5. The van der Waals surface area contributed by atoms with Crippen molar-refractivity contribution in [3.8, 4) is 5.69 Å². The first-order valence-electron chi connectivity index (χ1n) is 10.3. The highest BCUT2D eigenvalue weighted by Crippen LogP contribution is 2.17. The number of anilines is 1. The molecular formula is C22H29N6OS+. The summed E-state index contributed by atoms with van der Waals surface area (Å²) in [5.41, 5.74) is 5.85. The Morgan fingerprint density at radius 2 is 1.77 bits per heavy atom. The standard InChI is InChI=1S/C22H28N6OS/c1-17-4-5-18(2)21(14-17)28-22(30)27(23-24-28)16-25(3)15-19-6-8-20(9-7-19)26-10-12-29-13-11-26/h4-9,14H,10-13,15-16H2,1-3H3/p+1. The van der Waals surface area contributed by atoms with E-state index in [-0.39, 0.29) is 0 Å². The molecule has 0 bridgehead atoms. The molecule has 1 aliphatic rings. The number of morpholine rings is 1. The van der Waals surface area contributed by atoms with Gasteiger partial charge in [-0.3, -0.25) is 0 Å².